The monoisotopic (exact) mass is 340 g/mol. The Morgan fingerprint density at radius 2 is 2.00 bits per heavy atom. The Kier molecular flexibility index (Phi) is 3.76. The molecule has 0 aromatic heterocycles. The lowest BCUT2D eigenvalue weighted by Gasteiger charge is -2.28. The summed E-state index contributed by atoms with van der Waals surface area (Å²) >= 11 is 0. The van der Waals surface area contributed by atoms with Crippen LogP contribution in [0.2, 0.25) is 0 Å². The number of hydrogen-bond donors (Lipinski definition) is 1. The van der Waals surface area contributed by atoms with Gasteiger partial charge in [-0.1, -0.05) is 0 Å². The first kappa shape index (κ1) is 16.1. The number of nitrogens with one attached hydrogen (secondary N) is 1. The van der Waals surface area contributed by atoms with Gasteiger partial charge in [0.25, 0.3) is 0 Å². The van der Waals surface area contributed by atoms with E-state index >= 15 is 0 Å². The maximum Gasteiger partial charge on any atom is 0.247 e. The summed E-state index contributed by atoms with van der Waals surface area (Å²) in [7, 11) is 0.935. The van der Waals surface area contributed by atoms with E-state index in [0.717, 1.165) is 6.42 Å². The molecule has 3 rings (SSSR count). The fourth-order valence-electron chi connectivity index (χ4n) is 3.24. The molecule has 2 atom stereocenters. The molecular formula is C15H20N2O5S. The Balaban J connectivity index is 1.86. The standard InChI is InChI=1S/C15H20N2O5S/c1-17-7-6-10-9-15(10,23(17,19)20)14(18)16-11-4-5-12(21-2)13(8-11)22-3/h4-5,8,10H,6-7,9H2,1-3H3,(H,16,18)/t10-,15-/m1/s1. The second kappa shape index (κ2) is 5.38. The SMILES string of the molecule is COc1ccc(NC(=O)[C@@]23C[C@H]2CCN(C)S3(=O)=O)cc1OC. The Hall–Kier alpha value is -1.80. The highest BCUT2D eigenvalue weighted by Gasteiger charge is 2.71. The normalized spacial score (nSPS) is 28.6. The lowest BCUT2D eigenvalue weighted by atomic mass is 10.2. The molecule has 1 amide bonds. The summed E-state index contributed by atoms with van der Waals surface area (Å²) in [5, 5.41) is 2.72. The molecule has 1 saturated heterocycles. The van der Waals surface area contributed by atoms with Crippen molar-refractivity contribution in [1.29, 1.82) is 0 Å². The van der Waals surface area contributed by atoms with Crippen molar-refractivity contribution in [3.05, 3.63) is 18.2 Å². The van der Waals surface area contributed by atoms with Crippen LogP contribution < -0.4 is 14.8 Å². The highest BCUT2D eigenvalue weighted by molar-refractivity contribution is 7.91. The summed E-state index contributed by atoms with van der Waals surface area (Å²) in [4.78, 5) is 12.7. The van der Waals surface area contributed by atoms with Crippen molar-refractivity contribution in [2.24, 2.45) is 5.92 Å². The maximum atomic E-state index is 12.7. The van der Waals surface area contributed by atoms with Gasteiger partial charge >= 0.3 is 0 Å². The zero-order valence-corrected chi connectivity index (χ0v) is 14.1. The summed E-state index contributed by atoms with van der Waals surface area (Å²) in [5.74, 6) is 0.446. The molecular weight excluding hydrogens is 320 g/mol. The summed E-state index contributed by atoms with van der Waals surface area (Å²) in [6.45, 7) is 0.471. The number of nitrogens with zero attached hydrogens (tertiary/aromatic N) is 1. The van der Waals surface area contributed by atoms with Gasteiger partial charge in [-0.25, -0.2) is 12.7 Å². The van der Waals surface area contributed by atoms with E-state index < -0.39 is 20.7 Å². The third-order valence-corrected chi connectivity index (χ3v) is 7.35. The first-order valence-corrected chi connectivity index (χ1v) is 8.80. The van der Waals surface area contributed by atoms with E-state index in [-0.39, 0.29) is 5.92 Å². The molecule has 1 heterocycles. The van der Waals surface area contributed by atoms with Gasteiger partial charge in [-0.05, 0) is 30.9 Å². The Morgan fingerprint density at radius 3 is 2.65 bits per heavy atom. The predicted octanol–water partition coefficient (Wildman–Crippen LogP) is 1.07. The van der Waals surface area contributed by atoms with E-state index in [1.807, 2.05) is 0 Å². The Bertz CT molecular complexity index is 748. The quantitative estimate of drug-likeness (QED) is 0.886. The largest absolute Gasteiger partial charge is 0.493 e. The number of anilines is 1. The highest BCUT2D eigenvalue weighted by Crippen LogP contribution is 2.56. The number of carbonyl (C=O) groups is 1. The molecule has 2 aliphatic rings. The van der Waals surface area contributed by atoms with Gasteiger partial charge in [-0.15, -0.1) is 0 Å². The molecule has 1 aromatic rings. The molecule has 1 saturated carbocycles. The number of carbonyl (C=O) groups excluding carboxylic acids is 1. The van der Waals surface area contributed by atoms with Crippen LogP contribution in [-0.4, -0.2) is 51.2 Å². The molecule has 8 heteroatoms. The molecule has 0 unspecified atom stereocenters. The lowest BCUT2D eigenvalue weighted by molar-refractivity contribution is -0.117. The van der Waals surface area contributed by atoms with Crippen LogP contribution in [0.25, 0.3) is 0 Å². The van der Waals surface area contributed by atoms with Gasteiger partial charge < -0.3 is 14.8 Å². The van der Waals surface area contributed by atoms with Crippen molar-refractivity contribution in [3.8, 4) is 11.5 Å². The minimum Gasteiger partial charge on any atom is -0.493 e. The second-order valence-corrected chi connectivity index (χ2v) is 8.23. The summed E-state index contributed by atoms with van der Waals surface area (Å²) in [5.41, 5.74) is 0.483. The maximum absolute atomic E-state index is 12.7. The van der Waals surface area contributed by atoms with Gasteiger partial charge in [0.15, 0.2) is 16.2 Å². The van der Waals surface area contributed by atoms with Crippen LogP contribution in [0.3, 0.4) is 0 Å². The number of fused-ring (bicyclic) bond motifs is 1. The molecule has 0 radical (unpaired) electrons. The molecule has 23 heavy (non-hydrogen) atoms. The molecule has 7 nitrogen and oxygen atoms in total. The molecule has 1 aromatic carbocycles. The van der Waals surface area contributed by atoms with E-state index in [4.69, 9.17) is 9.47 Å². The number of hydrogen-bond acceptors (Lipinski definition) is 5. The lowest BCUT2D eigenvalue weighted by Crippen LogP contribution is -2.50. The number of benzene rings is 1. The second-order valence-electron chi connectivity index (χ2n) is 5.93. The fraction of sp³-hybridized carbons (Fsp3) is 0.533. The average molecular weight is 340 g/mol. The summed E-state index contributed by atoms with van der Waals surface area (Å²) in [6.07, 6.45) is 1.11. The number of methoxy groups -OCH3 is 2. The Labute approximate surface area is 135 Å². The van der Waals surface area contributed by atoms with E-state index in [1.165, 1.54) is 25.6 Å². The van der Waals surface area contributed by atoms with Crippen molar-refractivity contribution in [2.45, 2.75) is 17.6 Å². The van der Waals surface area contributed by atoms with E-state index in [9.17, 15) is 13.2 Å². The smallest absolute Gasteiger partial charge is 0.247 e. The van der Waals surface area contributed by atoms with Gasteiger partial charge in [-0.2, -0.15) is 0 Å². The van der Waals surface area contributed by atoms with Crippen molar-refractivity contribution in [3.63, 3.8) is 0 Å². The predicted molar refractivity (Wildman–Crippen MR) is 85.2 cm³/mol. The van der Waals surface area contributed by atoms with Crippen LogP contribution in [0.1, 0.15) is 12.8 Å². The molecule has 1 aliphatic heterocycles. The molecule has 1 N–H and O–H groups in total. The van der Waals surface area contributed by atoms with Crippen molar-refractivity contribution >= 4 is 21.6 Å². The number of ether oxygens (including phenoxy) is 2. The van der Waals surface area contributed by atoms with Crippen LogP contribution in [0.4, 0.5) is 5.69 Å². The van der Waals surface area contributed by atoms with Gasteiger partial charge in [0.1, 0.15) is 0 Å². The van der Waals surface area contributed by atoms with E-state index in [0.29, 0.717) is 30.2 Å². The van der Waals surface area contributed by atoms with Gasteiger partial charge in [0.05, 0.1) is 14.2 Å². The van der Waals surface area contributed by atoms with Crippen LogP contribution in [0.15, 0.2) is 18.2 Å². The molecule has 0 spiro atoms. The minimum absolute atomic E-state index is 0.0937. The van der Waals surface area contributed by atoms with Gasteiger partial charge in [-0.3, -0.25) is 4.79 Å². The van der Waals surface area contributed by atoms with Crippen molar-refractivity contribution in [2.75, 3.05) is 33.1 Å². The van der Waals surface area contributed by atoms with Crippen LogP contribution >= 0.6 is 0 Å². The molecule has 0 bridgehead atoms. The third-order valence-electron chi connectivity index (χ3n) is 4.74. The van der Waals surface area contributed by atoms with Crippen LogP contribution in [0, 0.1) is 5.92 Å². The molecule has 2 fully saturated rings. The zero-order valence-electron chi connectivity index (χ0n) is 13.3. The minimum atomic E-state index is -3.61. The summed E-state index contributed by atoms with van der Waals surface area (Å²) < 4.78 is 35.4. The first-order valence-electron chi connectivity index (χ1n) is 7.36. The van der Waals surface area contributed by atoms with Crippen molar-refractivity contribution in [1.82, 2.24) is 4.31 Å². The third kappa shape index (κ3) is 2.28. The van der Waals surface area contributed by atoms with Crippen molar-refractivity contribution < 1.29 is 22.7 Å². The molecule has 1 aliphatic carbocycles. The summed E-state index contributed by atoms with van der Waals surface area (Å²) in [6, 6.07) is 4.94. The van der Waals surface area contributed by atoms with E-state index in [2.05, 4.69) is 5.32 Å². The fourth-order valence-corrected chi connectivity index (χ4v) is 5.38. The van der Waals surface area contributed by atoms with E-state index in [1.54, 1.807) is 18.2 Å². The van der Waals surface area contributed by atoms with Gasteiger partial charge in [0, 0.05) is 25.3 Å². The molecule has 126 valence electrons. The average Bonchev–Trinajstić information content (AvgIpc) is 3.28. The first-order chi connectivity index (χ1) is 10.9. The van der Waals surface area contributed by atoms with Crippen LogP contribution in [0.5, 0.6) is 11.5 Å². The van der Waals surface area contributed by atoms with Crippen LogP contribution in [-0.2, 0) is 14.8 Å². The number of amides is 1. The highest BCUT2D eigenvalue weighted by atomic mass is 32.2. The van der Waals surface area contributed by atoms with Gasteiger partial charge in [0.2, 0.25) is 15.9 Å². The number of rotatable bonds is 4. The zero-order chi connectivity index (χ0) is 16.8. The topological polar surface area (TPSA) is 84.9 Å². The number of sulfonamides is 1. The Morgan fingerprint density at radius 1 is 1.30 bits per heavy atom.